The van der Waals surface area contributed by atoms with E-state index in [9.17, 15) is 24.0 Å². The van der Waals surface area contributed by atoms with E-state index in [0.717, 1.165) is 25.0 Å². The second kappa shape index (κ2) is 18.1. The number of hydroxylamine groups is 2. The molecule has 3 N–H and O–H groups in total. The molecule has 0 aliphatic carbocycles. The van der Waals surface area contributed by atoms with Crippen molar-refractivity contribution >= 4 is 41.5 Å². The van der Waals surface area contributed by atoms with Gasteiger partial charge in [-0.25, -0.2) is 9.59 Å². The summed E-state index contributed by atoms with van der Waals surface area (Å²) in [5.74, 6) is -0.764. The molecule has 3 rings (SSSR count). The van der Waals surface area contributed by atoms with Crippen LogP contribution in [-0.4, -0.2) is 117 Å². The first-order valence-electron chi connectivity index (χ1n) is 13.8. The Hall–Kier alpha value is -2.46. The molecule has 3 atom stereocenters. The maximum absolute atomic E-state index is 12.0. The minimum absolute atomic E-state index is 0.0174. The van der Waals surface area contributed by atoms with E-state index in [1.807, 2.05) is 11.8 Å². The van der Waals surface area contributed by atoms with Crippen molar-refractivity contribution in [3.63, 3.8) is 0 Å². The fourth-order valence-corrected chi connectivity index (χ4v) is 5.89. The Morgan fingerprint density at radius 1 is 0.825 bits per heavy atom. The molecule has 3 aliphatic heterocycles. The molecule has 3 unspecified atom stereocenters. The van der Waals surface area contributed by atoms with Crippen molar-refractivity contribution in [2.75, 3.05) is 65.2 Å². The van der Waals surface area contributed by atoms with E-state index in [4.69, 9.17) is 23.8 Å². The lowest BCUT2D eigenvalue weighted by molar-refractivity contribution is -0.198. The van der Waals surface area contributed by atoms with Crippen molar-refractivity contribution in [2.24, 2.45) is 0 Å². The summed E-state index contributed by atoms with van der Waals surface area (Å²) in [6, 6.07) is 0.372. The molecule has 0 aromatic heterocycles. The molecular formula is C25H40N4O10S. The van der Waals surface area contributed by atoms with Crippen LogP contribution < -0.4 is 16.0 Å². The van der Waals surface area contributed by atoms with E-state index in [2.05, 4.69) is 16.0 Å². The molecule has 14 nitrogen and oxygen atoms in total. The van der Waals surface area contributed by atoms with Crippen molar-refractivity contribution in [1.82, 2.24) is 21.0 Å². The van der Waals surface area contributed by atoms with Crippen LogP contribution in [0.3, 0.4) is 0 Å². The molecule has 226 valence electrons. The molecule has 3 saturated heterocycles. The van der Waals surface area contributed by atoms with E-state index in [1.165, 1.54) is 0 Å². The van der Waals surface area contributed by atoms with Gasteiger partial charge in [0, 0.05) is 36.8 Å². The molecule has 0 aromatic carbocycles. The number of carbonyl (C=O) groups is 5. The van der Waals surface area contributed by atoms with Crippen molar-refractivity contribution in [3.8, 4) is 0 Å². The zero-order chi connectivity index (χ0) is 28.6. The van der Waals surface area contributed by atoms with Crippen molar-refractivity contribution in [3.05, 3.63) is 0 Å². The quantitative estimate of drug-likeness (QED) is 0.0929. The number of nitrogens with one attached hydrogen (secondary N) is 3. The van der Waals surface area contributed by atoms with Gasteiger partial charge in [0.1, 0.15) is 0 Å². The Kier molecular flexibility index (Phi) is 14.5. The maximum atomic E-state index is 12.0. The van der Waals surface area contributed by atoms with Crippen molar-refractivity contribution in [2.45, 2.75) is 62.3 Å². The number of thioether (sulfide) groups is 1. The van der Waals surface area contributed by atoms with Crippen LogP contribution in [0.25, 0.3) is 0 Å². The molecule has 0 saturated carbocycles. The highest BCUT2D eigenvalue weighted by molar-refractivity contribution is 8.00. The fourth-order valence-electron chi connectivity index (χ4n) is 4.35. The first kappa shape index (κ1) is 32.1. The van der Waals surface area contributed by atoms with Crippen LogP contribution in [-0.2, 0) is 43.0 Å². The Labute approximate surface area is 237 Å². The zero-order valence-electron chi connectivity index (χ0n) is 22.7. The second-order valence-corrected chi connectivity index (χ2v) is 10.7. The van der Waals surface area contributed by atoms with E-state index < -0.39 is 17.8 Å². The summed E-state index contributed by atoms with van der Waals surface area (Å²) in [7, 11) is 0. The second-order valence-electron chi connectivity index (χ2n) is 9.46. The Balaban J connectivity index is 1.00. The van der Waals surface area contributed by atoms with E-state index >= 15 is 0 Å². The molecule has 3 heterocycles. The van der Waals surface area contributed by atoms with Crippen LogP contribution in [0.15, 0.2) is 0 Å². The summed E-state index contributed by atoms with van der Waals surface area (Å²) < 4.78 is 21.5. The molecule has 0 aromatic rings. The molecule has 5 amide bonds. The van der Waals surface area contributed by atoms with Gasteiger partial charge in [-0.2, -0.15) is 11.8 Å². The number of urea groups is 1. The number of carbonyl (C=O) groups excluding carboxylic acids is 5. The van der Waals surface area contributed by atoms with E-state index in [-0.39, 0.29) is 56.5 Å². The van der Waals surface area contributed by atoms with Gasteiger partial charge in [0.25, 0.3) is 11.8 Å². The summed E-state index contributed by atoms with van der Waals surface area (Å²) in [4.78, 5) is 62.5. The van der Waals surface area contributed by atoms with Crippen LogP contribution in [0.4, 0.5) is 4.79 Å². The number of amides is 5. The SMILES string of the molecule is O=C(CCCCC1SCC2NC(=O)NC21)NCCOCCOCCOCCOCCC(=O)ON1C(=O)CCC1=O. The largest absolute Gasteiger partial charge is 0.378 e. The van der Waals surface area contributed by atoms with Crippen LogP contribution in [0.5, 0.6) is 0 Å². The first-order chi connectivity index (χ1) is 19.4. The third-order valence-corrected chi connectivity index (χ3v) is 7.92. The lowest BCUT2D eigenvalue weighted by atomic mass is 10.0. The predicted octanol–water partition coefficient (Wildman–Crippen LogP) is -0.108. The van der Waals surface area contributed by atoms with E-state index in [1.54, 1.807) is 0 Å². The summed E-state index contributed by atoms with van der Waals surface area (Å²) in [6.07, 6.45) is 3.30. The summed E-state index contributed by atoms with van der Waals surface area (Å²) in [5, 5.41) is 9.71. The topological polar surface area (TPSA) is 171 Å². The summed E-state index contributed by atoms with van der Waals surface area (Å²) in [5.41, 5.74) is 0. The number of unbranched alkanes of at least 4 members (excludes halogenated alkanes) is 1. The third-order valence-electron chi connectivity index (χ3n) is 6.41. The number of hydrogen-bond acceptors (Lipinski definition) is 11. The maximum Gasteiger partial charge on any atom is 0.335 e. The standard InChI is InChI=1S/C25H40N4O10S/c30-20(4-2-1-3-19-24-18(17-40-19)27-25(34)28-24)26-8-10-36-12-14-38-16-15-37-13-11-35-9-7-23(33)39-29-21(31)5-6-22(29)32/h18-19,24H,1-17H2,(H,26,30)(H2,27,28,34). The van der Waals surface area contributed by atoms with Gasteiger partial charge < -0.3 is 39.7 Å². The van der Waals surface area contributed by atoms with E-state index in [0.29, 0.717) is 62.9 Å². The third kappa shape index (κ3) is 11.6. The average molecular weight is 589 g/mol. The molecule has 3 fully saturated rings. The minimum atomic E-state index is -0.703. The summed E-state index contributed by atoms with van der Waals surface area (Å²) in [6.45, 7) is 3.17. The Morgan fingerprint density at radius 2 is 1.45 bits per heavy atom. The summed E-state index contributed by atoms with van der Waals surface area (Å²) >= 11 is 1.89. The monoisotopic (exact) mass is 588 g/mol. The van der Waals surface area contributed by atoms with Crippen LogP contribution in [0, 0.1) is 0 Å². The number of ether oxygens (including phenoxy) is 4. The minimum Gasteiger partial charge on any atom is -0.378 e. The smallest absolute Gasteiger partial charge is 0.335 e. The van der Waals surface area contributed by atoms with Crippen LogP contribution in [0.1, 0.15) is 44.9 Å². The molecule has 0 bridgehead atoms. The molecule has 0 radical (unpaired) electrons. The van der Waals surface area contributed by atoms with Crippen LogP contribution in [0.2, 0.25) is 0 Å². The van der Waals surface area contributed by atoms with Gasteiger partial charge in [-0.15, -0.1) is 5.06 Å². The number of nitrogens with zero attached hydrogens (tertiary/aromatic N) is 1. The highest BCUT2D eigenvalue weighted by Crippen LogP contribution is 2.33. The van der Waals surface area contributed by atoms with Gasteiger partial charge in [-0.05, 0) is 12.8 Å². The number of fused-ring (bicyclic) bond motifs is 1. The van der Waals surface area contributed by atoms with Crippen molar-refractivity contribution < 1.29 is 47.8 Å². The van der Waals surface area contributed by atoms with Gasteiger partial charge >= 0.3 is 12.0 Å². The lowest BCUT2D eigenvalue weighted by Gasteiger charge is -2.16. The van der Waals surface area contributed by atoms with Gasteiger partial charge in [-0.3, -0.25) is 14.4 Å². The molecule has 15 heteroatoms. The lowest BCUT2D eigenvalue weighted by Crippen LogP contribution is -2.36. The highest BCUT2D eigenvalue weighted by Gasteiger charge is 2.42. The molecular weight excluding hydrogens is 548 g/mol. The Bertz CT molecular complexity index is 847. The predicted molar refractivity (Wildman–Crippen MR) is 142 cm³/mol. The number of rotatable bonds is 21. The number of hydrogen-bond donors (Lipinski definition) is 3. The van der Waals surface area contributed by atoms with Crippen LogP contribution >= 0.6 is 11.8 Å². The molecule has 3 aliphatic rings. The van der Waals surface area contributed by atoms with Gasteiger partial charge in [-0.1, -0.05) is 6.42 Å². The fraction of sp³-hybridized carbons (Fsp3) is 0.800. The first-order valence-corrected chi connectivity index (χ1v) is 14.8. The molecule has 40 heavy (non-hydrogen) atoms. The average Bonchev–Trinajstić information content (AvgIpc) is 3.58. The normalized spacial score (nSPS) is 21.9. The number of imide groups is 1. The van der Waals surface area contributed by atoms with Gasteiger partial charge in [0.05, 0.1) is 71.4 Å². The molecule has 0 spiro atoms. The highest BCUT2D eigenvalue weighted by atomic mass is 32.2. The Morgan fingerprint density at radius 3 is 2.12 bits per heavy atom. The zero-order valence-corrected chi connectivity index (χ0v) is 23.5. The van der Waals surface area contributed by atoms with Gasteiger partial charge in [0.2, 0.25) is 5.91 Å². The van der Waals surface area contributed by atoms with Gasteiger partial charge in [0.15, 0.2) is 0 Å². The van der Waals surface area contributed by atoms with Crippen molar-refractivity contribution in [1.29, 1.82) is 0 Å².